The number of nitrogens with zero attached hydrogens (tertiary/aromatic N) is 1. The number of ether oxygens (including phenoxy) is 1. The van der Waals surface area contributed by atoms with E-state index in [1.54, 1.807) is 30.3 Å². The second-order valence-electron chi connectivity index (χ2n) is 5.34. The molecule has 0 unspecified atom stereocenters. The summed E-state index contributed by atoms with van der Waals surface area (Å²) in [5, 5.41) is 8.02. The lowest BCUT2D eigenvalue weighted by Crippen LogP contribution is -2.31. The molecule has 1 aromatic carbocycles. The Hall–Kier alpha value is -3.00. The molecule has 2 rings (SSSR count). The molecule has 0 saturated heterocycles. The molecule has 0 saturated carbocycles. The normalized spacial score (nSPS) is 10.5. The van der Waals surface area contributed by atoms with Crippen molar-refractivity contribution < 1.29 is 19.1 Å². The van der Waals surface area contributed by atoms with Crippen LogP contribution in [0.25, 0.3) is 6.08 Å². The molecule has 8 heteroatoms. The molecule has 0 atom stereocenters. The summed E-state index contributed by atoms with van der Waals surface area (Å²) in [5.41, 5.74) is 2.13. The maximum absolute atomic E-state index is 11.9. The van der Waals surface area contributed by atoms with E-state index in [2.05, 4.69) is 20.4 Å². The number of nitrogens with one attached hydrogen (secondary N) is 2. The fourth-order valence-electron chi connectivity index (χ4n) is 2.00. The van der Waals surface area contributed by atoms with Gasteiger partial charge in [-0.25, -0.2) is 4.98 Å². The molecule has 0 fully saturated rings. The monoisotopic (exact) mass is 373 g/mol. The number of carbonyl (C=O) groups is 3. The number of aromatic nitrogens is 1. The third kappa shape index (κ3) is 6.48. The van der Waals surface area contributed by atoms with Crippen molar-refractivity contribution in [3.8, 4) is 0 Å². The first kappa shape index (κ1) is 19.3. The second-order valence-corrected chi connectivity index (χ2v) is 6.40. The zero-order chi connectivity index (χ0) is 18.9. The number of benzene rings is 1. The highest BCUT2D eigenvalue weighted by molar-refractivity contribution is 7.09. The van der Waals surface area contributed by atoms with Gasteiger partial charge in [0.05, 0.1) is 24.2 Å². The number of amides is 2. The summed E-state index contributed by atoms with van der Waals surface area (Å²) in [7, 11) is 1.26. The van der Waals surface area contributed by atoms with Crippen molar-refractivity contribution in [1.82, 2.24) is 10.3 Å². The predicted octanol–water partition coefficient (Wildman–Crippen LogP) is 1.94. The molecule has 0 spiro atoms. The average molecular weight is 373 g/mol. The molecule has 0 bridgehead atoms. The standard InChI is InChI=1S/C18H19N3O4S/c1-12-20-15(11-26-12)7-8-16(22)21-14-5-3-13(4-6-14)9-17(23)19-10-18(24)25-2/h3-8,11H,9-10H2,1-2H3,(H,19,23)(H,21,22)/b8-7+. The number of hydrogen-bond acceptors (Lipinski definition) is 6. The molecule has 1 aromatic heterocycles. The zero-order valence-corrected chi connectivity index (χ0v) is 15.3. The average Bonchev–Trinajstić information content (AvgIpc) is 3.05. The first-order valence-corrected chi connectivity index (χ1v) is 8.68. The lowest BCUT2D eigenvalue weighted by atomic mass is 10.1. The van der Waals surface area contributed by atoms with Crippen LogP contribution in [0.15, 0.2) is 35.7 Å². The molecule has 0 radical (unpaired) electrons. The third-order valence-corrected chi connectivity index (χ3v) is 4.08. The molecule has 2 amide bonds. The van der Waals surface area contributed by atoms with E-state index in [-0.39, 0.29) is 24.8 Å². The number of aryl methyl sites for hydroxylation is 1. The SMILES string of the molecule is COC(=O)CNC(=O)Cc1ccc(NC(=O)/C=C/c2csc(C)n2)cc1. The molecule has 0 aliphatic heterocycles. The smallest absolute Gasteiger partial charge is 0.325 e. The molecular weight excluding hydrogens is 354 g/mol. The number of methoxy groups -OCH3 is 1. The van der Waals surface area contributed by atoms with E-state index in [1.807, 2.05) is 12.3 Å². The van der Waals surface area contributed by atoms with E-state index in [1.165, 1.54) is 24.5 Å². The zero-order valence-electron chi connectivity index (χ0n) is 14.4. The number of thiazole rings is 1. The Balaban J connectivity index is 1.83. The minimum atomic E-state index is -0.503. The van der Waals surface area contributed by atoms with Gasteiger partial charge in [-0.2, -0.15) is 0 Å². The van der Waals surface area contributed by atoms with E-state index in [9.17, 15) is 14.4 Å². The largest absolute Gasteiger partial charge is 0.468 e. The molecule has 2 N–H and O–H groups in total. The fourth-order valence-corrected chi connectivity index (χ4v) is 2.58. The van der Waals surface area contributed by atoms with Crippen LogP contribution in [0.1, 0.15) is 16.3 Å². The van der Waals surface area contributed by atoms with Gasteiger partial charge in [-0.1, -0.05) is 12.1 Å². The highest BCUT2D eigenvalue weighted by Gasteiger charge is 2.07. The van der Waals surface area contributed by atoms with Gasteiger partial charge in [0, 0.05) is 17.1 Å². The highest BCUT2D eigenvalue weighted by Crippen LogP contribution is 2.12. The second kappa shape index (κ2) is 9.47. The van der Waals surface area contributed by atoms with Gasteiger partial charge in [-0.15, -0.1) is 11.3 Å². The van der Waals surface area contributed by atoms with Crippen LogP contribution >= 0.6 is 11.3 Å². The minimum Gasteiger partial charge on any atom is -0.468 e. The number of anilines is 1. The summed E-state index contributed by atoms with van der Waals surface area (Å²) >= 11 is 1.52. The Bertz CT molecular complexity index is 812. The Morgan fingerprint density at radius 2 is 1.96 bits per heavy atom. The van der Waals surface area contributed by atoms with Gasteiger partial charge in [-0.3, -0.25) is 14.4 Å². The van der Waals surface area contributed by atoms with Crippen molar-refractivity contribution in [2.75, 3.05) is 19.0 Å². The van der Waals surface area contributed by atoms with Crippen molar-refractivity contribution in [3.05, 3.63) is 52.0 Å². The van der Waals surface area contributed by atoms with E-state index in [4.69, 9.17) is 0 Å². The van der Waals surface area contributed by atoms with Gasteiger partial charge >= 0.3 is 5.97 Å². The first-order valence-electron chi connectivity index (χ1n) is 7.80. The quantitative estimate of drug-likeness (QED) is 0.571. The van der Waals surface area contributed by atoms with E-state index in [0.717, 1.165) is 16.3 Å². The lowest BCUT2D eigenvalue weighted by Gasteiger charge is -2.06. The molecule has 0 aliphatic carbocycles. The molecule has 2 aromatic rings. The van der Waals surface area contributed by atoms with Gasteiger partial charge in [0.25, 0.3) is 0 Å². The Morgan fingerprint density at radius 1 is 1.23 bits per heavy atom. The lowest BCUT2D eigenvalue weighted by molar-refractivity contribution is -0.141. The van der Waals surface area contributed by atoms with Crippen molar-refractivity contribution in [1.29, 1.82) is 0 Å². The number of carbonyl (C=O) groups excluding carboxylic acids is 3. The summed E-state index contributed by atoms with van der Waals surface area (Å²) in [6.07, 6.45) is 3.20. The molecule has 26 heavy (non-hydrogen) atoms. The van der Waals surface area contributed by atoms with Crippen LogP contribution in [0.4, 0.5) is 5.69 Å². The number of hydrogen-bond donors (Lipinski definition) is 2. The van der Waals surface area contributed by atoms with Crippen molar-refractivity contribution in [3.63, 3.8) is 0 Å². The van der Waals surface area contributed by atoms with Gasteiger partial charge in [0.15, 0.2) is 0 Å². The predicted molar refractivity (Wildman–Crippen MR) is 99.7 cm³/mol. The summed E-state index contributed by atoms with van der Waals surface area (Å²) in [6, 6.07) is 6.89. The van der Waals surface area contributed by atoms with Crippen LogP contribution in [0.2, 0.25) is 0 Å². The number of rotatable bonds is 7. The van der Waals surface area contributed by atoms with Gasteiger partial charge < -0.3 is 15.4 Å². The topological polar surface area (TPSA) is 97.4 Å². The molecule has 0 aliphatic rings. The summed E-state index contributed by atoms with van der Waals surface area (Å²) in [5.74, 6) is -1.05. The number of esters is 1. The Labute approximate surface area is 155 Å². The van der Waals surface area contributed by atoms with Crippen LogP contribution in [0, 0.1) is 6.92 Å². The minimum absolute atomic E-state index is 0.133. The van der Waals surface area contributed by atoms with Crippen molar-refractivity contribution >= 4 is 40.9 Å². The van der Waals surface area contributed by atoms with Crippen LogP contribution in [-0.2, 0) is 25.5 Å². The van der Waals surface area contributed by atoms with E-state index < -0.39 is 5.97 Å². The molecular formula is C18H19N3O4S. The maximum Gasteiger partial charge on any atom is 0.325 e. The van der Waals surface area contributed by atoms with E-state index >= 15 is 0 Å². The fraction of sp³-hybridized carbons (Fsp3) is 0.222. The first-order chi connectivity index (χ1) is 12.5. The summed E-state index contributed by atoms with van der Waals surface area (Å²) in [6.45, 7) is 1.74. The van der Waals surface area contributed by atoms with Gasteiger partial charge in [0.1, 0.15) is 6.54 Å². The Morgan fingerprint density at radius 3 is 2.58 bits per heavy atom. The Kier molecular flexibility index (Phi) is 7.04. The van der Waals surface area contributed by atoms with Crippen LogP contribution < -0.4 is 10.6 Å². The van der Waals surface area contributed by atoms with Crippen LogP contribution in [-0.4, -0.2) is 36.4 Å². The maximum atomic E-state index is 11.9. The summed E-state index contributed by atoms with van der Waals surface area (Å²) in [4.78, 5) is 38.8. The third-order valence-electron chi connectivity index (χ3n) is 3.29. The van der Waals surface area contributed by atoms with Crippen LogP contribution in [0.5, 0.6) is 0 Å². The molecule has 136 valence electrons. The van der Waals surface area contributed by atoms with E-state index in [0.29, 0.717) is 5.69 Å². The van der Waals surface area contributed by atoms with Crippen LogP contribution in [0.3, 0.4) is 0 Å². The van der Waals surface area contributed by atoms with Gasteiger partial charge in [-0.05, 0) is 30.7 Å². The van der Waals surface area contributed by atoms with Crippen molar-refractivity contribution in [2.45, 2.75) is 13.3 Å². The van der Waals surface area contributed by atoms with Crippen molar-refractivity contribution in [2.24, 2.45) is 0 Å². The molecule has 7 nitrogen and oxygen atoms in total. The molecule has 1 heterocycles. The summed E-state index contributed by atoms with van der Waals surface area (Å²) < 4.78 is 4.45. The highest BCUT2D eigenvalue weighted by atomic mass is 32.1. The van der Waals surface area contributed by atoms with Gasteiger partial charge in [0.2, 0.25) is 11.8 Å².